The van der Waals surface area contributed by atoms with Crippen LogP contribution in [0.15, 0.2) is 24.3 Å². The van der Waals surface area contributed by atoms with Gasteiger partial charge < -0.3 is 5.32 Å². The van der Waals surface area contributed by atoms with E-state index in [0.717, 1.165) is 5.56 Å². The van der Waals surface area contributed by atoms with Crippen LogP contribution in [0, 0.1) is 11.3 Å². The zero-order valence-electron chi connectivity index (χ0n) is 12.8. The molecule has 2 rings (SSSR count). The highest BCUT2D eigenvalue weighted by Gasteiger charge is 2.36. The molecule has 1 saturated heterocycles. The second-order valence-corrected chi connectivity index (χ2v) is 7.48. The average molecular weight is 379 g/mol. The molecule has 0 aliphatic carbocycles. The van der Waals surface area contributed by atoms with Crippen LogP contribution in [0.4, 0.5) is 0 Å². The summed E-state index contributed by atoms with van der Waals surface area (Å²) < 4.78 is 28.2. The van der Waals surface area contributed by atoms with Gasteiger partial charge in [0.2, 0.25) is 0 Å². The Hall–Kier alpha value is -0.880. The molecule has 1 aromatic carbocycles. The highest BCUT2D eigenvalue weighted by molar-refractivity contribution is 7.86. The van der Waals surface area contributed by atoms with Gasteiger partial charge in [-0.05, 0) is 11.6 Å². The van der Waals surface area contributed by atoms with E-state index < -0.39 is 10.2 Å². The minimum atomic E-state index is -3.63. The zero-order valence-corrected chi connectivity index (χ0v) is 15.2. The van der Waals surface area contributed by atoms with Crippen molar-refractivity contribution >= 4 is 34.2 Å². The Morgan fingerprint density at radius 3 is 2.83 bits per heavy atom. The van der Waals surface area contributed by atoms with Crippen LogP contribution in [0.2, 0.25) is 5.02 Å². The van der Waals surface area contributed by atoms with Gasteiger partial charge in [0.05, 0.1) is 12.1 Å². The van der Waals surface area contributed by atoms with Gasteiger partial charge in [-0.1, -0.05) is 29.8 Å². The Kier molecular flexibility index (Phi) is 7.74. The van der Waals surface area contributed by atoms with E-state index in [2.05, 4.69) is 5.32 Å². The summed E-state index contributed by atoms with van der Waals surface area (Å²) in [6, 6.07) is 8.89. The maximum atomic E-state index is 12.8. The molecule has 128 valence electrons. The van der Waals surface area contributed by atoms with Crippen LogP contribution in [0.25, 0.3) is 0 Å². The van der Waals surface area contributed by atoms with Crippen LogP contribution in [-0.2, 0) is 10.2 Å². The van der Waals surface area contributed by atoms with Crippen LogP contribution >= 0.6 is 24.0 Å². The van der Waals surface area contributed by atoms with Crippen molar-refractivity contribution in [2.75, 3.05) is 33.2 Å². The van der Waals surface area contributed by atoms with Crippen LogP contribution in [0.3, 0.4) is 0 Å². The highest BCUT2D eigenvalue weighted by Crippen LogP contribution is 2.31. The molecule has 23 heavy (non-hydrogen) atoms. The molecule has 0 radical (unpaired) electrons. The average Bonchev–Trinajstić information content (AvgIpc) is 2.53. The molecular weight excluding hydrogens is 359 g/mol. The molecular formula is C14H20Cl2N4O2S. The molecule has 0 aromatic heterocycles. The van der Waals surface area contributed by atoms with E-state index in [0.29, 0.717) is 24.7 Å². The molecule has 1 N–H and O–H groups in total. The largest absolute Gasteiger partial charge is 0.313 e. The summed E-state index contributed by atoms with van der Waals surface area (Å²) in [6.45, 7) is 1.65. The van der Waals surface area contributed by atoms with Gasteiger partial charge in [0, 0.05) is 44.7 Å². The summed E-state index contributed by atoms with van der Waals surface area (Å²) in [7, 11) is -2.13. The zero-order chi connectivity index (χ0) is 16.2. The van der Waals surface area contributed by atoms with E-state index in [1.807, 2.05) is 24.3 Å². The van der Waals surface area contributed by atoms with Crippen LogP contribution in [0.1, 0.15) is 18.0 Å². The number of benzene rings is 1. The summed E-state index contributed by atoms with van der Waals surface area (Å²) in [5, 5.41) is 12.4. The molecule has 0 saturated carbocycles. The number of hydrogen-bond acceptors (Lipinski definition) is 4. The Bertz CT molecular complexity index is 663. The maximum Gasteiger partial charge on any atom is 0.282 e. The number of rotatable bonds is 5. The summed E-state index contributed by atoms with van der Waals surface area (Å²) in [6.07, 6.45) is 0.165. The first-order chi connectivity index (χ1) is 10.5. The van der Waals surface area contributed by atoms with Gasteiger partial charge in [0.1, 0.15) is 0 Å². The summed E-state index contributed by atoms with van der Waals surface area (Å²) in [5.74, 6) is 0. The molecule has 6 nitrogen and oxygen atoms in total. The summed E-state index contributed by atoms with van der Waals surface area (Å²) in [5.41, 5.74) is 0.786. The highest BCUT2D eigenvalue weighted by atomic mass is 35.5. The van der Waals surface area contributed by atoms with Gasteiger partial charge in [-0.15, -0.1) is 12.4 Å². The van der Waals surface area contributed by atoms with E-state index in [1.165, 1.54) is 15.7 Å². The molecule has 1 fully saturated rings. The van der Waals surface area contributed by atoms with E-state index in [1.54, 1.807) is 6.07 Å². The fraction of sp³-hybridized carbons (Fsp3) is 0.500. The van der Waals surface area contributed by atoms with E-state index in [9.17, 15) is 8.42 Å². The molecule has 1 unspecified atom stereocenters. The number of halogens is 2. The predicted molar refractivity (Wildman–Crippen MR) is 92.8 cm³/mol. The second-order valence-electron chi connectivity index (χ2n) is 5.09. The number of nitriles is 1. The van der Waals surface area contributed by atoms with Gasteiger partial charge in [0.25, 0.3) is 10.2 Å². The summed E-state index contributed by atoms with van der Waals surface area (Å²) in [4.78, 5) is 0. The van der Waals surface area contributed by atoms with Crippen molar-refractivity contribution < 1.29 is 8.42 Å². The first-order valence-electron chi connectivity index (χ1n) is 7.03. The van der Waals surface area contributed by atoms with Gasteiger partial charge in [0.15, 0.2) is 0 Å². The molecule has 1 heterocycles. The van der Waals surface area contributed by atoms with Gasteiger partial charge in [-0.25, -0.2) is 0 Å². The minimum Gasteiger partial charge on any atom is -0.313 e. The van der Waals surface area contributed by atoms with E-state index in [-0.39, 0.29) is 31.4 Å². The Balaban J connectivity index is 0.00000264. The third-order valence-electron chi connectivity index (χ3n) is 3.69. The molecule has 1 atom stereocenters. The third-order valence-corrected chi connectivity index (χ3v) is 6.03. The van der Waals surface area contributed by atoms with E-state index in [4.69, 9.17) is 16.9 Å². The van der Waals surface area contributed by atoms with Crippen molar-refractivity contribution in [3.63, 3.8) is 0 Å². The SMILES string of the molecule is CN(CCC#N)S(=O)(=O)N1CCNCC1c1ccccc1Cl.Cl. The predicted octanol–water partition coefficient (Wildman–Crippen LogP) is 1.80. The van der Waals surface area contributed by atoms with Crippen LogP contribution < -0.4 is 5.32 Å². The first kappa shape index (κ1) is 20.2. The molecule has 9 heteroatoms. The van der Waals surface area contributed by atoms with Gasteiger partial charge >= 0.3 is 0 Å². The van der Waals surface area contributed by atoms with Crippen molar-refractivity contribution in [3.8, 4) is 6.07 Å². The topological polar surface area (TPSA) is 76.4 Å². The molecule has 0 amide bonds. The van der Waals surface area contributed by atoms with Gasteiger partial charge in [-0.3, -0.25) is 0 Å². The third kappa shape index (κ3) is 4.57. The van der Waals surface area contributed by atoms with Crippen molar-refractivity contribution in [1.82, 2.24) is 13.9 Å². The smallest absolute Gasteiger partial charge is 0.282 e. The van der Waals surface area contributed by atoms with Crippen molar-refractivity contribution in [1.29, 1.82) is 5.26 Å². The van der Waals surface area contributed by atoms with Crippen molar-refractivity contribution in [2.24, 2.45) is 0 Å². The standard InChI is InChI=1S/C14H19ClN4O2S.ClH/c1-18(9-4-7-16)22(20,21)19-10-8-17-11-14(19)12-5-2-3-6-13(12)15;/h2-3,5-6,14,17H,4,8-11H2,1H3;1H. The molecule has 1 aliphatic heterocycles. The maximum absolute atomic E-state index is 12.8. The number of hydrogen-bond donors (Lipinski definition) is 1. The molecule has 1 aliphatic rings. The Labute approximate surface area is 148 Å². The normalized spacial score (nSPS) is 19.1. The lowest BCUT2D eigenvalue weighted by Crippen LogP contribution is -2.52. The lowest BCUT2D eigenvalue weighted by atomic mass is 10.1. The second kappa shape index (κ2) is 8.83. The fourth-order valence-electron chi connectivity index (χ4n) is 2.47. The van der Waals surface area contributed by atoms with Gasteiger partial charge in [-0.2, -0.15) is 22.3 Å². The number of nitrogens with zero attached hydrogens (tertiary/aromatic N) is 3. The lowest BCUT2D eigenvalue weighted by molar-refractivity contribution is 0.253. The molecule has 0 bridgehead atoms. The van der Waals surface area contributed by atoms with Crippen molar-refractivity contribution in [2.45, 2.75) is 12.5 Å². The first-order valence-corrected chi connectivity index (χ1v) is 8.81. The monoisotopic (exact) mass is 378 g/mol. The Morgan fingerprint density at radius 2 is 2.17 bits per heavy atom. The van der Waals surface area contributed by atoms with Crippen LogP contribution in [-0.4, -0.2) is 50.3 Å². The van der Waals surface area contributed by atoms with E-state index >= 15 is 0 Å². The minimum absolute atomic E-state index is 0. The lowest BCUT2D eigenvalue weighted by Gasteiger charge is -2.37. The summed E-state index contributed by atoms with van der Waals surface area (Å²) >= 11 is 6.23. The quantitative estimate of drug-likeness (QED) is 0.847. The molecule has 0 spiro atoms. The van der Waals surface area contributed by atoms with Crippen molar-refractivity contribution in [3.05, 3.63) is 34.9 Å². The molecule has 1 aromatic rings. The fourth-order valence-corrected chi connectivity index (χ4v) is 4.25. The van der Waals surface area contributed by atoms with Crippen LogP contribution in [0.5, 0.6) is 0 Å². The Morgan fingerprint density at radius 1 is 1.48 bits per heavy atom. The number of piperazine rings is 1. The number of nitrogens with one attached hydrogen (secondary N) is 1.